The zero-order valence-electron chi connectivity index (χ0n) is 14.7. The van der Waals surface area contributed by atoms with Gasteiger partial charge in [0.15, 0.2) is 0 Å². The van der Waals surface area contributed by atoms with Gasteiger partial charge in [0.1, 0.15) is 6.42 Å². The van der Waals surface area contributed by atoms with Crippen LogP contribution in [0.1, 0.15) is 44.9 Å². The molecule has 2 fully saturated rings. The van der Waals surface area contributed by atoms with Crippen molar-refractivity contribution in [2.24, 2.45) is 0 Å². The van der Waals surface area contributed by atoms with E-state index >= 15 is 0 Å². The van der Waals surface area contributed by atoms with Gasteiger partial charge in [-0.1, -0.05) is 25.7 Å². The molecule has 1 aromatic heterocycles. The third kappa shape index (κ3) is 5.14. The zero-order valence-corrected chi connectivity index (χ0v) is 14.7. The standard InChI is InChI=1S/C18H27N5O2/c24-16(21-15-6-3-1-2-4-7-15)14-17(25)22-10-12-23(13-11-22)18-19-8-5-9-20-18/h5,8-9,15H,1-4,6-7,10-14H2,(H,21,24). The van der Waals surface area contributed by atoms with Gasteiger partial charge in [-0.2, -0.15) is 0 Å². The van der Waals surface area contributed by atoms with E-state index in [1.807, 2.05) is 0 Å². The number of anilines is 1. The largest absolute Gasteiger partial charge is 0.353 e. The van der Waals surface area contributed by atoms with E-state index in [9.17, 15) is 9.59 Å². The number of rotatable bonds is 4. The Balaban J connectivity index is 1.42. The van der Waals surface area contributed by atoms with E-state index in [0.717, 1.165) is 12.8 Å². The summed E-state index contributed by atoms with van der Waals surface area (Å²) in [6.07, 6.45) is 10.3. The molecule has 136 valence electrons. The molecule has 1 aliphatic carbocycles. The summed E-state index contributed by atoms with van der Waals surface area (Å²) in [7, 11) is 0. The molecule has 25 heavy (non-hydrogen) atoms. The van der Waals surface area contributed by atoms with Gasteiger partial charge in [0.2, 0.25) is 17.8 Å². The molecule has 2 heterocycles. The Morgan fingerprint density at radius 2 is 1.64 bits per heavy atom. The predicted octanol–water partition coefficient (Wildman–Crippen LogP) is 1.35. The van der Waals surface area contributed by atoms with E-state index in [-0.39, 0.29) is 24.3 Å². The highest BCUT2D eigenvalue weighted by molar-refractivity contribution is 5.97. The Morgan fingerprint density at radius 1 is 1.00 bits per heavy atom. The van der Waals surface area contributed by atoms with E-state index in [1.54, 1.807) is 23.4 Å². The second kappa shape index (κ2) is 8.78. The number of hydrogen-bond donors (Lipinski definition) is 1. The average Bonchev–Trinajstić information content (AvgIpc) is 2.91. The third-order valence-corrected chi connectivity index (χ3v) is 5.00. The fourth-order valence-corrected chi connectivity index (χ4v) is 3.56. The monoisotopic (exact) mass is 345 g/mol. The van der Waals surface area contributed by atoms with Gasteiger partial charge in [0, 0.05) is 44.6 Å². The molecule has 1 N–H and O–H groups in total. The SMILES string of the molecule is O=C(CC(=O)N1CCN(c2ncccn2)CC1)NC1CCCCCC1. The van der Waals surface area contributed by atoms with E-state index < -0.39 is 0 Å². The lowest BCUT2D eigenvalue weighted by Crippen LogP contribution is -2.50. The summed E-state index contributed by atoms with van der Waals surface area (Å²) in [6.45, 7) is 2.60. The van der Waals surface area contributed by atoms with Crippen molar-refractivity contribution in [2.45, 2.75) is 51.0 Å². The van der Waals surface area contributed by atoms with E-state index in [0.29, 0.717) is 32.1 Å². The number of carbonyl (C=O) groups is 2. The molecular weight excluding hydrogens is 318 g/mol. The van der Waals surface area contributed by atoms with Crippen LogP contribution in [0, 0.1) is 0 Å². The highest BCUT2D eigenvalue weighted by Crippen LogP contribution is 2.17. The molecule has 0 spiro atoms. The molecule has 1 aliphatic heterocycles. The van der Waals surface area contributed by atoms with Crippen LogP contribution in [-0.2, 0) is 9.59 Å². The van der Waals surface area contributed by atoms with Crippen molar-refractivity contribution >= 4 is 17.8 Å². The first-order valence-electron chi connectivity index (χ1n) is 9.31. The molecule has 0 unspecified atom stereocenters. The third-order valence-electron chi connectivity index (χ3n) is 5.00. The smallest absolute Gasteiger partial charge is 0.232 e. The van der Waals surface area contributed by atoms with Crippen LogP contribution in [0.5, 0.6) is 0 Å². The first-order chi connectivity index (χ1) is 12.2. The zero-order chi connectivity index (χ0) is 17.5. The maximum atomic E-state index is 12.4. The molecule has 0 bridgehead atoms. The van der Waals surface area contributed by atoms with Crippen LogP contribution >= 0.6 is 0 Å². The van der Waals surface area contributed by atoms with E-state index in [4.69, 9.17) is 0 Å². The van der Waals surface area contributed by atoms with Crippen LogP contribution in [0.3, 0.4) is 0 Å². The molecule has 0 aromatic carbocycles. The molecule has 2 amide bonds. The Kier molecular flexibility index (Phi) is 6.19. The van der Waals surface area contributed by atoms with Crippen molar-refractivity contribution in [1.82, 2.24) is 20.2 Å². The van der Waals surface area contributed by atoms with Crippen LogP contribution in [0.4, 0.5) is 5.95 Å². The maximum Gasteiger partial charge on any atom is 0.232 e. The van der Waals surface area contributed by atoms with E-state index in [2.05, 4.69) is 20.2 Å². The van der Waals surface area contributed by atoms with E-state index in [1.165, 1.54) is 25.7 Å². The number of hydrogen-bond acceptors (Lipinski definition) is 5. The van der Waals surface area contributed by atoms with Crippen LogP contribution in [0.25, 0.3) is 0 Å². The fourth-order valence-electron chi connectivity index (χ4n) is 3.56. The lowest BCUT2D eigenvalue weighted by Gasteiger charge is -2.34. The van der Waals surface area contributed by atoms with Crippen molar-refractivity contribution in [1.29, 1.82) is 0 Å². The summed E-state index contributed by atoms with van der Waals surface area (Å²) in [6, 6.07) is 2.03. The van der Waals surface area contributed by atoms with Gasteiger partial charge in [-0.3, -0.25) is 9.59 Å². The molecule has 0 atom stereocenters. The van der Waals surface area contributed by atoms with Crippen molar-refractivity contribution in [3.8, 4) is 0 Å². The number of aromatic nitrogens is 2. The molecule has 0 radical (unpaired) electrons. The minimum Gasteiger partial charge on any atom is -0.353 e. The second-order valence-electron chi connectivity index (χ2n) is 6.85. The van der Waals surface area contributed by atoms with Crippen molar-refractivity contribution in [3.63, 3.8) is 0 Å². The quantitative estimate of drug-likeness (QED) is 0.658. The molecule has 1 aromatic rings. The Morgan fingerprint density at radius 3 is 2.28 bits per heavy atom. The molecule has 3 rings (SSSR count). The maximum absolute atomic E-state index is 12.4. The summed E-state index contributed by atoms with van der Waals surface area (Å²) in [4.78, 5) is 36.9. The van der Waals surface area contributed by atoms with Gasteiger partial charge >= 0.3 is 0 Å². The Hall–Kier alpha value is -2.18. The second-order valence-corrected chi connectivity index (χ2v) is 6.85. The predicted molar refractivity (Wildman–Crippen MR) is 95.1 cm³/mol. The summed E-state index contributed by atoms with van der Waals surface area (Å²) in [5, 5.41) is 3.05. The van der Waals surface area contributed by atoms with Crippen LogP contribution < -0.4 is 10.2 Å². The number of amides is 2. The first-order valence-corrected chi connectivity index (χ1v) is 9.31. The van der Waals surface area contributed by atoms with Gasteiger partial charge in [0.05, 0.1) is 0 Å². The van der Waals surface area contributed by atoms with Gasteiger partial charge in [-0.15, -0.1) is 0 Å². The molecule has 7 heteroatoms. The molecule has 1 saturated carbocycles. The van der Waals surface area contributed by atoms with Gasteiger partial charge in [-0.05, 0) is 18.9 Å². The summed E-state index contributed by atoms with van der Waals surface area (Å²) in [5.74, 6) is 0.478. The van der Waals surface area contributed by atoms with Gasteiger partial charge < -0.3 is 15.1 Å². The number of carbonyl (C=O) groups excluding carboxylic acids is 2. The van der Waals surface area contributed by atoms with Crippen molar-refractivity contribution in [3.05, 3.63) is 18.5 Å². The highest BCUT2D eigenvalue weighted by Gasteiger charge is 2.24. The average molecular weight is 345 g/mol. The Labute approximate surface area is 148 Å². The summed E-state index contributed by atoms with van der Waals surface area (Å²) < 4.78 is 0. The van der Waals surface area contributed by atoms with Crippen LogP contribution in [0.15, 0.2) is 18.5 Å². The Bertz CT molecular complexity index is 564. The molecular formula is C18H27N5O2. The number of nitrogens with zero attached hydrogens (tertiary/aromatic N) is 4. The van der Waals surface area contributed by atoms with Crippen LogP contribution in [0.2, 0.25) is 0 Å². The van der Waals surface area contributed by atoms with Gasteiger partial charge in [-0.25, -0.2) is 9.97 Å². The highest BCUT2D eigenvalue weighted by atomic mass is 16.2. The fraction of sp³-hybridized carbons (Fsp3) is 0.667. The minimum absolute atomic E-state index is 0.0433. The number of nitrogens with one attached hydrogen (secondary N) is 1. The normalized spacial score (nSPS) is 19.4. The first kappa shape index (κ1) is 17.6. The summed E-state index contributed by atoms with van der Waals surface area (Å²) in [5.41, 5.74) is 0. The topological polar surface area (TPSA) is 78.4 Å². The molecule has 2 aliphatic rings. The van der Waals surface area contributed by atoms with Crippen LogP contribution in [-0.4, -0.2) is 58.9 Å². The van der Waals surface area contributed by atoms with Gasteiger partial charge in [0.25, 0.3) is 0 Å². The molecule has 1 saturated heterocycles. The summed E-state index contributed by atoms with van der Waals surface area (Å²) >= 11 is 0. The lowest BCUT2D eigenvalue weighted by atomic mass is 10.1. The van der Waals surface area contributed by atoms with Crippen molar-refractivity contribution < 1.29 is 9.59 Å². The number of piperazine rings is 1. The molecule has 7 nitrogen and oxygen atoms in total. The van der Waals surface area contributed by atoms with Crippen molar-refractivity contribution in [2.75, 3.05) is 31.1 Å². The minimum atomic E-state index is -0.134. The lowest BCUT2D eigenvalue weighted by molar-refractivity contribution is -0.136.